The molecule has 0 atom stereocenters. The minimum Gasteiger partial charge on any atom is -0.492 e. The Morgan fingerprint density at radius 3 is 3.06 bits per heavy atom. The van der Waals surface area contributed by atoms with E-state index in [1.54, 1.807) is 12.5 Å². The SMILES string of the molecule is CNCc1cc(OCCn2ccnc2)ccc1Br. The van der Waals surface area contributed by atoms with Gasteiger partial charge in [0, 0.05) is 23.4 Å². The van der Waals surface area contributed by atoms with Crippen molar-refractivity contribution in [1.82, 2.24) is 14.9 Å². The van der Waals surface area contributed by atoms with Crippen molar-refractivity contribution in [1.29, 1.82) is 0 Å². The largest absolute Gasteiger partial charge is 0.492 e. The molecule has 1 N–H and O–H groups in total. The first-order chi connectivity index (χ1) is 8.79. The lowest BCUT2D eigenvalue weighted by Gasteiger charge is -2.10. The van der Waals surface area contributed by atoms with E-state index in [-0.39, 0.29) is 0 Å². The average Bonchev–Trinajstić information content (AvgIpc) is 2.87. The van der Waals surface area contributed by atoms with Crippen molar-refractivity contribution in [2.24, 2.45) is 0 Å². The minimum absolute atomic E-state index is 0.636. The first-order valence-corrected chi connectivity index (χ1v) is 6.60. The topological polar surface area (TPSA) is 39.1 Å². The lowest BCUT2D eigenvalue weighted by atomic mass is 10.2. The number of nitrogens with zero attached hydrogens (tertiary/aromatic N) is 2. The number of ether oxygens (including phenoxy) is 1. The average molecular weight is 310 g/mol. The van der Waals surface area contributed by atoms with Gasteiger partial charge in [-0.3, -0.25) is 0 Å². The molecule has 2 rings (SSSR count). The van der Waals surface area contributed by atoms with Crippen LogP contribution in [-0.2, 0) is 13.1 Å². The van der Waals surface area contributed by atoms with Gasteiger partial charge in [-0.05, 0) is 30.8 Å². The predicted octanol–water partition coefficient (Wildman–Crippen LogP) is 2.44. The number of halogens is 1. The van der Waals surface area contributed by atoms with Gasteiger partial charge in [0.25, 0.3) is 0 Å². The molecular formula is C13H16BrN3O. The maximum absolute atomic E-state index is 5.72. The summed E-state index contributed by atoms with van der Waals surface area (Å²) >= 11 is 3.52. The molecule has 96 valence electrons. The normalized spacial score (nSPS) is 10.6. The summed E-state index contributed by atoms with van der Waals surface area (Å²) in [5.41, 5.74) is 1.19. The quantitative estimate of drug-likeness (QED) is 0.891. The highest BCUT2D eigenvalue weighted by Gasteiger charge is 2.02. The van der Waals surface area contributed by atoms with Crippen molar-refractivity contribution >= 4 is 15.9 Å². The van der Waals surface area contributed by atoms with Gasteiger partial charge in [-0.25, -0.2) is 4.98 Å². The fourth-order valence-corrected chi connectivity index (χ4v) is 2.04. The second-order valence-corrected chi connectivity index (χ2v) is 4.79. The Balaban J connectivity index is 1.90. The van der Waals surface area contributed by atoms with Gasteiger partial charge in [0.1, 0.15) is 12.4 Å². The fourth-order valence-electron chi connectivity index (χ4n) is 1.65. The molecule has 1 aromatic heterocycles. The van der Waals surface area contributed by atoms with Crippen LogP contribution in [0.5, 0.6) is 5.75 Å². The molecule has 4 nitrogen and oxygen atoms in total. The second-order valence-electron chi connectivity index (χ2n) is 3.93. The lowest BCUT2D eigenvalue weighted by molar-refractivity contribution is 0.298. The molecule has 0 amide bonds. The summed E-state index contributed by atoms with van der Waals surface area (Å²) in [6.45, 7) is 2.26. The third-order valence-corrected chi connectivity index (χ3v) is 3.34. The minimum atomic E-state index is 0.636. The number of nitrogens with one attached hydrogen (secondary N) is 1. The second kappa shape index (κ2) is 6.56. The molecule has 18 heavy (non-hydrogen) atoms. The number of benzene rings is 1. The summed E-state index contributed by atoms with van der Waals surface area (Å²) in [5, 5.41) is 3.13. The third kappa shape index (κ3) is 3.58. The molecule has 0 aliphatic rings. The highest BCUT2D eigenvalue weighted by Crippen LogP contribution is 2.22. The van der Waals surface area contributed by atoms with Crippen molar-refractivity contribution in [3.63, 3.8) is 0 Å². The zero-order chi connectivity index (χ0) is 12.8. The Kier molecular flexibility index (Phi) is 4.78. The van der Waals surface area contributed by atoms with Gasteiger partial charge in [0.2, 0.25) is 0 Å². The van der Waals surface area contributed by atoms with Crippen molar-refractivity contribution in [2.75, 3.05) is 13.7 Å². The van der Waals surface area contributed by atoms with E-state index in [2.05, 4.69) is 32.3 Å². The number of imidazole rings is 1. The van der Waals surface area contributed by atoms with Crippen molar-refractivity contribution in [3.8, 4) is 5.75 Å². The van der Waals surface area contributed by atoms with Crippen LogP contribution in [0.2, 0.25) is 0 Å². The van der Waals surface area contributed by atoms with Crippen LogP contribution >= 0.6 is 15.9 Å². The van der Waals surface area contributed by atoms with Gasteiger partial charge in [-0.1, -0.05) is 15.9 Å². The van der Waals surface area contributed by atoms with Crippen molar-refractivity contribution in [2.45, 2.75) is 13.1 Å². The molecule has 0 aliphatic carbocycles. The Bertz CT molecular complexity index is 485. The summed E-state index contributed by atoms with van der Waals surface area (Å²) in [7, 11) is 1.93. The molecule has 5 heteroatoms. The van der Waals surface area contributed by atoms with Gasteiger partial charge < -0.3 is 14.6 Å². The maximum atomic E-state index is 5.72. The van der Waals surface area contributed by atoms with Gasteiger partial charge in [0.15, 0.2) is 0 Å². The monoisotopic (exact) mass is 309 g/mol. The summed E-state index contributed by atoms with van der Waals surface area (Å²) in [4.78, 5) is 3.99. The Morgan fingerprint density at radius 1 is 1.44 bits per heavy atom. The van der Waals surface area contributed by atoms with Crippen LogP contribution in [0.3, 0.4) is 0 Å². The highest BCUT2D eigenvalue weighted by atomic mass is 79.9. The number of hydrogen-bond acceptors (Lipinski definition) is 3. The molecule has 0 bridgehead atoms. The van der Waals surface area contributed by atoms with E-state index >= 15 is 0 Å². The third-order valence-electron chi connectivity index (χ3n) is 2.56. The van der Waals surface area contributed by atoms with Gasteiger partial charge in [0.05, 0.1) is 12.9 Å². The summed E-state index contributed by atoms with van der Waals surface area (Å²) < 4.78 is 8.81. The molecule has 0 saturated carbocycles. The highest BCUT2D eigenvalue weighted by molar-refractivity contribution is 9.10. The molecule has 0 saturated heterocycles. The van der Waals surface area contributed by atoms with E-state index in [0.717, 1.165) is 23.3 Å². The standard InChI is InChI=1S/C13H16BrN3O/c1-15-9-11-8-12(2-3-13(11)14)18-7-6-17-5-4-16-10-17/h2-5,8,10,15H,6-7,9H2,1H3. The van der Waals surface area contributed by atoms with Crippen molar-refractivity contribution < 1.29 is 4.74 Å². The van der Waals surface area contributed by atoms with E-state index < -0.39 is 0 Å². The van der Waals surface area contributed by atoms with Gasteiger partial charge in [-0.2, -0.15) is 0 Å². The summed E-state index contributed by atoms with van der Waals surface area (Å²) in [6, 6.07) is 6.03. The van der Waals surface area contributed by atoms with E-state index in [0.29, 0.717) is 6.61 Å². The summed E-state index contributed by atoms with van der Waals surface area (Å²) in [6.07, 6.45) is 5.49. The Hall–Kier alpha value is -1.33. The van der Waals surface area contributed by atoms with Crippen LogP contribution < -0.4 is 10.1 Å². The molecule has 0 aliphatic heterocycles. The Morgan fingerprint density at radius 2 is 2.33 bits per heavy atom. The molecule has 0 radical (unpaired) electrons. The van der Waals surface area contributed by atoms with Crippen LogP contribution in [0.15, 0.2) is 41.4 Å². The van der Waals surface area contributed by atoms with E-state index in [9.17, 15) is 0 Å². The fraction of sp³-hybridized carbons (Fsp3) is 0.308. The van der Waals surface area contributed by atoms with Crippen LogP contribution in [0.25, 0.3) is 0 Å². The number of aromatic nitrogens is 2. The predicted molar refractivity (Wildman–Crippen MR) is 74.6 cm³/mol. The van der Waals surface area contributed by atoms with Gasteiger partial charge in [-0.15, -0.1) is 0 Å². The molecule has 0 spiro atoms. The number of hydrogen-bond donors (Lipinski definition) is 1. The molecule has 2 aromatic rings. The zero-order valence-corrected chi connectivity index (χ0v) is 11.9. The maximum Gasteiger partial charge on any atom is 0.119 e. The van der Waals surface area contributed by atoms with Crippen molar-refractivity contribution in [3.05, 3.63) is 47.0 Å². The molecular weight excluding hydrogens is 294 g/mol. The van der Waals surface area contributed by atoms with E-state index in [1.165, 1.54) is 5.56 Å². The Labute approximate surface area is 115 Å². The van der Waals surface area contributed by atoms with Crippen LogP contribution in [0, 0.1) is 0 Å². The smallest absolute Gasteiger partial charge is 0.119 e. The molecule has 0 fully saturated rings. The van der Waals surface area contributed by atoms with E-state index in [4.69, 9.17) is 4.74 Å². The lowest BCUT2D eigenvalue weighted by Crippen LogP contribution is -2.08. The number of rotatable bonds is 6. The molecule has 1 heterocycles. The molecule has 1 aromatic carbocycles. The summed E-state index contributed by atoms with van der Waals surface area (Å²) in [5.74, 6) is 0.892. The first-order valence-electron chi connectivity index (χ1n) is 5.81. The first kappa shape index (κ1) is 13.1. The zero-order valence-electron chi connectivity index (χ0n) is 10.3. The van der Waals surface area contributed by atoms with Gasteiger partial charge >= 0.3 is 0 Å². The van der Waals surface area contributed by atoms with E-state index in [1.807, 2.05) is 29.9 Å². The molecule has 0 unspecified atom stereocenters. The van der Waals surface area contributed by atoms with Crippen LogP contribution in [-0.4, -0.2) is 23.2 Å². The van der Waals surface area contributed by atoms with Crippen LogP contribution in [0.4, 0.5) is 0 Å². The van der Waals surface area contributed by atoms with Crippen LogP contribution in [0.1, 0.15) is 5.56 Å².